The van der Waals surface area contributed by atoms with Gasteiger partial charge in [-0.25, -0.2) is 0 Å². The topological polar surface area (TPSA) is 64.6 Å². The summed E-state index contributed by atoms with van der Waals surface area (Å²) in [4.78, 5) is 15.6. The van der Waals surface area contributed by atoms with Crippen LogP contribution in [0.15, 0.2) is 42.5 Å². The van der Waals surface area contributed by atoms with Gasteiger partial charge in [0, 0.05) is 18.7 Å². The van der Waals surface area contributed by atoms with Crippen LogP contribution in [-0.4, -0.2) is 41.2 Å². The molecule has 4 rings (SSSR count). The van der Waals surface area contributed by atoms with Gasteiger partial charge in [0.15, 0.2) is 11.5 Å². The summed E-state index contributed by atoms with van der Waals surface area (Å²) in [6.07, 6.45) is 0.772. The molecule has 1 aliphatic rings. The number of aromatic nitrogens is 2. The molecule has 0 saturated carbocycles. The number of ether oxygens (including phenoxy) is 2. The molecule has 1 amide bonds. The van der Waals surface area contributed by atoms with E-state index in [-0.39, 0.29) is 5.91 Å². The van der Waals surface area contributed by atoms with Gasteiger partial charge >= 0.3 is 0 Å². The largest absolute Gasteiger partial charge is 0.493 e. The molecule has 0 aliphatic carbocycles. The van der Waals surface area contributed by atoms with Crippen LogP contribution < -0.4 is 9.47 Å². The lowest BCUT2D eigenvalue weighted by Crippen LogP contribution is -2.35. The van der Waals surface area contributed by atoms with Crippen molar-refractivity contribution in [3.63, 3.8) is 0 Å². The molecule has 6 nitrogen and oxygen atoms in total. The molecule has 138 valence electrons. The Balaban J connectivity index is 1.62. The summed E-state index contributed by atoms with van der Waals surface area (Å²) in [5, 5.41) is 4.18. The number of carbonyl (C=O) groups excluding carboxylic acids is 1. The molecule has 0 spiro atoms. The predicted octanol–water partition coefficient (Wildman–Crippen LogP) is 3.42. The van der Waals surface area contributed by atoms with Gasteiger partial charge in [-0.1, -0.05) is 34.8 Å². The Kier molecular flexibility index (Phi) is 4.77. The van der Waals surface area contributed by atoms with Crippen molar-refractivity contribution in [3.05, 3.63) is 58.5 Å². The number of methoxy groups -OCH3 is 2. The van der Waals surface area contributed by atoms with E-state index in [0.29, 0.717) is 35.2 Å². The SMILES string of the molecule is COc1cc2c(cc1OC)CN(C(=O)c1snnc1-c1ccccc1)CC2. The molecular weight excluding hydrogens is 362 g/mol. The molecule has 1 aromatic heterocycles. The van der Waals surface area contributed by atoms with Crippen LogP contribution in [0, 0.1) is 0 Å². The van der Waals surface area contributed by atoms with E-state index in [0.717, 1.165) is 29.1 Å². The summed E-state index contributed by atoms with van der Waals surface area (Å²) in [6.45, 7) is 1.17. The van der Waals surface area contributed by atoms with Crippen molar-refractivity contribution >= 4 is 17.4 Å². The first-order valence-electron chi connectivity index (χ1n) is 8.62. The van der Waals surface area contributed by atoms with Crippen LogP contribution in [0.5, 0.6) is 11.5 Å². The van der Waals surface area contributed by atoms with Crippen LogP contribution >= 0.6 is 11.5 Å². The Morgan fingerprint density at radius 2 is 1.78 bits per heavy atom. The maximum Gasteiger partial charge on any atom is 0.268 e. The zero-order valence-electron chi connectivity index (χ0n) is 15.1. The van der Waals surface area contributed by atoms with Crippen LogP contribution in [0.4, 0.5) is 0 Å². The van der Waals surface area contributed by atoms with E-state index < -0.39 is 0 Å². The van der Waals surface area contributed by atoms with Crippen molar-refractivity contribution in [2.45, 2.75) is 13.0 Å². The first-order chi connectivity index (χ1) is 13.2. The van der Waals surface area contributed by atoms with Crippen molar-refractivity contribution in [1.82, 2.24) is 14.5 Å². The molecule has 2 heterocycles. The molecule has 0 radical (unpaired) electrons. The number of nitrogens with zero attached hydrogens (tertiary/aromatic N) is 3. The van der Waals surface area contributed by atoms with Crippen molar-refractivity contribution < 1.29 is 14.3 Å². The molecule has 0 unspecified atom stereocenters. The van der Waals surface area contributed by atoms with Crippen molar-refractivity contribution in [2.24, 2.45) is 0 Å². The highest BCUT2D eigenvalue weighted by molar-refractivity contribution is 7.08. The highest BCUT2D eigenvalue weighted by atomic mass is 32.1. The summed E-state index contributed by atoms with van der Waals surface area (Å²) < 4.78 is 14.8. The maximum atomic E-state index is 13.1. The van der Waals surface area contributed by atoms with E-state index in [4.69, 9.17) is 9.47 Å². The fourth-order valence-corrected chi connectivity index (χ4v) is 3.97. The highest BCUT2D eigenvalue weighted by Gasteiger charge is 2.27. The second kappa shape index (κ2) is 7.36. The van der Waals surface area contributed by atoms with E-state index in [2.05, 4.69) is 9.59 Å². The van der Waals surface area contributed by atoms with Gasteiger partial charge in [0.25, 0.3) is 5.91 Å². The van der Waals surface area contributed by atoms with Crippen LogP contribution in [0.25, 0.3) is 11.3 Å². The number of hydrogen-bond donors (Lipinski definition) is 0. The molecule has 3 aromatic rings. The average Bonchev–Trinajstić information content (AvgIpc) is 3.22. The molecule has 0 atom stereocenters. The zero-order valence-corrected chi connectivity index (χ0v) is 16.0. The molecule has 0 saturated heterocycles. The first-order valence-corrected chi connectivity index (χ1v) is 9.39. The fraction of sp³-hybridized carbons (Fsp3) is 0.250. The molecule has 7 heteroatoms. The molecule has 27 heavy (non-hydrogen) atoms. The number of amides is 1. The van der Waals surface area contributed by atoms with Crippen molar-refractivity contribution in [2.75, 3.05) is 20.8 Å². The van der Waals surface area contributed by atoms with Crippen molar-refractivity contribution in [1.29, 1.82) is 0 Å². The van der Waals surface area contributed by atoms with Gasteiger partial charge in [-0.15, -0.1) is 5.10 Å². The van der Waals surface area contributed by atoms with Gasteiger partial charge in [-0.3, -0.25) is 4.79 Å². The van der Waals surface area contributed by atoms with Gasteiger partial charge in [-0.2, -0.15) is 0 Å². The number of hydrogen-bond acceptors (Lipinski definition) is 6. The quantitative estimate of drug-likeness (QED) is 0.693. The zero-order chi connectivity index (χ0) is 18.8. The molecule has 0 N–H and O–H groups in total. The van der Waals surface area contributed by atoms with Gasteiger partial charge in [0.1, 0.15) is 10.6 Å². The average molecular weight is 381 g/mol. The van der Waals surface area contributed by atoms with E-state index in [9.17, 15) is 4.79 Å². The lowest BCUT2D eigenvalue weighted by atomic mass is 9.98. The molecule has 0 fully saturated rings. The lowest BCUT2D eigenvalue weighted by molar-refractivity contribution is 0.0740. The van der Waals surface area contributed by atoms with Gasteiger partial charge in [-0.05, 0) is 41.2 Å². The Hall–Kier alpha value is -2.93. The summed E-state index contributed by atoms with van der Waals surface area (Å²) in [5.74, 6) is 1.35. The smallest absolute Gasteiger partial charge is 0.268 e. The van der Waals surface area contributed by atoms with Crippen LogP contribution in [0.3, 0.4) is 0 Å². The van der Waals surface area contributed by atoms with Gasteiger partial charge in [0.05, 0.1) is 14.2 Å². The standard InChI is InChI=1S/C20H19N3O3S/c1-25-16-10-14-8-9-23(12-15(14)11-17(16)26-2)20(24)19-18(21-22-27-19)13-6-4-3-5-7-13/h3-7,10-11H,8-9,12H2,1-2H3. The Labute approximate surface area is 161 Å². The number of rotatable bonds is 4. The number of benzene rings is 2. The van der Waals surface area contributed by atoms with Crippen molar-refractivity contribution in [3.8, 4) is 22.8 Å². The second-order valence-electron chi connectivity index (χ2n) is 6.27. The monoisotopic (exact) mass is 381 g/mol. The Morgan fingerprint density at radius 3 is 2.48 bits per heavy atom. The summed E-state index contributed by atoms with van der Waals surface area (Å²) in [6, 6.07) is 13.6. The predicted molar refractivity (Wildman–Crippen MR) is 103 cm³/mol. The maximum absolute atomic E-state index is 13.1. The molecule has 2 aromatic carbocycles. The highest BCUT2D eigenvalue weighted by Crippen LogP contribution is 2.34. The minimum absolute atomic E-state index is 0.0377. The fourth-order valence-electron chi connectivity index (χ4n) is 3.32. The molecular formula is C20H19N3O3S. The minimum Gasteiger partial charge on any atom is -0.493 e. The summed E-state index contributed by atoms with van der Waals surface area (Å²) in [7, 11) is 3.25. The van der Waals surface area contributed by atoms with Gasteiger partial charge in [0.2, 0.25) is 0 Å². The van der Waals surface area contributed by atoms with E-state index in [1.54, 1.807) is 14.2 Å². The molecule has 0 bridgehead atoms. The third kappa shape index (κ3) is 3.26. The Morgan fingerprint density at radius 1 is 1.07 bits per heavy atom. The van der Waals surface area contributed by atoms with Crippen LogP contribution in [0.1, 0.15) is 20.8 Å². The summed E-state index contributed by atoms with van der Waals surface area (Å²) >= 11 is 1.14. The number of carbonyl (C=O) groups is 1. The van der Waals surface area contributed by atoms with Crippen LogP contribution in [-0.2, 0) is 13.0 Å². The van der Waals surface area contributed by atoms with Crippen LogP contribution in [0.2, 0.25) is 0 Å². The first kappa shape index (κ1) is 17.5. The second-order valence-corrected chi connectivity index (χ2v) is 7.02. The van der Waals surface area contributed by atoms with E-state index in [1.807, 2.05) is 47.4 Å². The third-order valence-electron chi connectivity index (χ3n) is 4.73. The summed E-state index contributed by atoms with van der Waals surface area (Å²) in [5.41, 5.74) is 3.80. The molecule has 1 aliphatic heterocycles. The van der Waals surface area contributed by atoms with E-state index >= 15 is 0 Å². The normalized spacial score (nSPS) is 13.2. The number of fused-ring (bicyclic) bond motifs is 1. The van der Waals surface area contributed by atoms with E-state index in [1.165, 1.54) is 5.56 Å². The van der Waals surface area contributed by atoms with Gasteiger partial charge < -0.3 is 14.4 Å². The third-order valence-corrected chi connectivity index (χ3v) is 5.45. The lowest BCUT2D eigenvalue weighted by Gasteiger charge is -2.29. The Bertz CT molecular complexity index is 972. The minimum atomic E-state index is -0.0377.